The van der Waals surface area contributed by atoms with Gasteiger partial charge in [0, 0.05) is 11.8 Å². The van der Waals surface area contributed by atoms with E-state index in [2.05, 4.69) is 15.6 Å². The van der Waals surface area contributed by atoms with Gasteiger partial charge >= 0.3 is 12.0 Å². The number of hydrogen-bond acceptors (Lipinski definition) is 9. The van der Waals surface area contributed by atoms with Crippen molar-refractivity contribution in [3.05, 3.63) is 64.7 Å². The predicted octanol–water partition coefficient (Wildman–Crippen LogP) is 2.46. The molecule has 2 aliphatic heterocycles. The van der Waals surface area contributed by atoms with Crippen LogP contribution in [0, 0.1) is 0 Å². The van der Waals surface area contributed by atoms with E-state index in [0.29, 0.717) is 41.6 Å². The lowest BCUT2D eigenvalue weighted by Crippen LogP contribution is -2.49. The molecule has 0 spiro atoms. The monoisotopic (exact) mass is 538 g/mol. The van der Waals surface area contributed by atoms with Gasteiger partial charge in [0.25, 0.3) is 5.91 Å². The van der Waals surface area contributed by atoms with E-state index in [-0.39, 0.29) is 17.2 Å². The number of amides is 4. The van der Waals surface area contributed by atoms with Gasteiger partial charge in [-0.25, -0.2) is 19.5 Å². The maximum atomic E-state index is 13.6. The van der Waals surface area contributed by atoms with Crippen LogP contribution in [0.3, 0.4) is 0 Å². The highest BCUT2D eigenvalue weighted by molar-refractivity contribution is 7.14. The van der Waals surface area contributed by atoms with Crippen molar-refractivity contribution >= 4 is 40.3 Å². The van der Waals surface area contributed by atoms with E-state index in [1.54, 1.807) is 42.5 Å². The van der Waals surface area contributed by atoms with Crippen LogP contribution in [0.25, 0.3) is 0 Å². The molecule has 0 aliphatic carbocycles. The van der Waals surface area contributed by atoms with Gasteiger partial charge in [0.15, 0.2) is 22.3 Å². The van der Waals surface area contributed by atoms with Gasteiger partial charge in [-0.2, -0.15) is 0 Å². The standard InChI is InChI=1S/C25H22N4O8S/c1-35-17-5-3-2-4-13(17)10-16(21(30)28-24-26-15(12-38-24)23(32)33)29-22(31)20(27-25(29)34)14-6-7-18-19(11-14)37-9-8-36-18/h2-7,11-12,16,20H,8-10H2,1H3,(H,27,34)(H,32,33)(H,26,28,30)/t16-,20?/m0/s1. The van der Waals surface area contributed by atoms with Crippen LogP contribution in [-0.2, 0) is 16.0 Å². The molecular formula is C25H22N4O8S. The average molecular weight is 539 g/mol. The third kappa shape index (κ3) is 4.83. The molecule has 196 valence electrons. The fourth-order valence-electron chi connectivity index (χ4n) is 4.25. The number of benzene rings is 2. The van der Waals surface area contributed by atoms with Crippen LogP contribution in [0.15, 0.2) is 47.8 Å². The smallest absolute Gasteiger partial charge is 0.355 e. The summed E-state index contributed by atoms with van der Waals surface area (Å²) in [6.07, 6.45) is -0.0555. The maximum Gasteiger partial charge on any atom is 0.355 e. The number of aromatic nitrogens is 1. The molecule has 1 unspecified atom stereocenters. The van der Waals surface area contributed by atoms with Crippen molar-refractivity contribution in [2.24, 2.45) is 0 Å². The number of ether oxygens (including phenoxy) is 3. The van der Waals surface area contributed by atoms with Crippen molar-refractivity contribution < 1.29 is 38.5 Å². The molecular weight excluding hydrogens is 516 g/mol. The first-order valence-corrected chi connectivity index (χ1v) is 12.4. The fraction of sp³-hybridized carbons (Fsp3) is 0.240. The van der Waals surface area contributed by atoms with Gasteiger partial charge in [-0.15, -0.1) is 11.3 Å². The first kappa shape index (κ1) is 25.0. The summed E-state index contributed by atoms with van der Waals surface area (Å²) in [5.74, 6) is -1.13. The first-order valence-electron chi connectivity index (χ1n) is 11.5. The summed E-state index contributed by atoms with van der Waals surface area (Å²) in [4.78, 5) is 56.1. The second-order valence-corrected chi connectivity index (χ2v) is 9.22. The number of carboxylic acid groups (broad SMARTS) is 1. The largest absolute Gasteiger partial charge is 0.496 e. The third-order valence-corrected chi connectivity index (χ3v) is 6.80. The number of anilines is 1. The van der Waals surface area contributed by atoms with E-state index in [1.807, 2.05) is 0 Å². The van der Waals surface area contributed by atoms with E-state index >= 15 is 0 Å². The summed E-state index contributed by atoms with van der Waals surface area (Å²) < 4.78 is 16.5. The lowest BCUT2D eigenvalue weighted by atomic mass is 10.0. The molecule has 0 bridgehead atoms. The van der Waals surface area contributed by atoms with Gasteiger partial charge in [0.1, 0.15) is 31.0 Å². The Morgan fingerprint density at radius 2 is 1.97 bits per heavy atom. The van der Waals surface area contributed by atoms with Crippen LogP contribution in [0.2, 0.25) is 0 Å². The molecule has 3 heterocycles. The highest BCUT2D eigenvalue weighted by atomic mass is 32.1. The molecule has 38 heavy (non-hydrogen) atoms. The number of urea groups is 1. The molecule has 3 N–H and O–H groups in total. The number of methoxy groups -OCH3 is 1. The van der Waals surface area contributed by atoms with E-state index in [9.17, 15) is 19.2 Å². The van der Waals surface area contributed by atoms with E-state index < -0.39 is 35.9 Å². The number of rotatable bonds is 8. The van der Waals surface area contributed by atoms with Crippen molar-refractivity contribution in [1.82, 2.24) is 15.2 Å². The summed E-state index contributed by atoms with van der Waals surface area (Å²) in [7, 11) is 1.47. The van der Waals surface area contributed by atoms with Crippen LogP contribution in [0.5, 0.6) is 17.2 Å². The minimum atomic E-state index is -1.29. The molecule has 4 amide bonds. The van der Waals surface area contributed by atoms with Crippen LogP contribution in [0.4, 0.5) is 9.93 Å². The normalized spacial score (nSPS) is 17.1. The second kappa shape index (κ2) is 10.4. The number of hydrogen-bond donors (Lipinski definition) is 3. The summed E-state index contributed by atoms with van der Waals surface area (Å²) in [5.41, 5.74) is 0.821. The topological polar surface area (TPSA) is 156 Å². The van der Waals surface area contributed by atoms with Gasteiger partial charge < -0.3 is 30.0 Å². The number of nitrogens with zero attached hydrogens (tertiary/aromatic N) is 2. The number of imide groups is 1. The molecule has 2 atom stereocenters. The number of fused-ring (bicyclic) bond motifs is 1. The zero-order chi connectivity index (χ0) is 26.8. The SMILES string of the molecule is COc1ccccc1C[C@@H](C(=O)Nc1nc(C(=O)O)cs1)N1C(=O)NC(c2ccc3c(c2)OCCO3)C1=O. The van der Waals surface area contributed by atoms with Crippen molar-refractivity contribution in [3.63, 3.8) is 0 Å². The Labute approximate surface area is 220 Å². The molecule has 5 rings (SSSR count). The van der Waals surface area contributed by atoms with E-state index in [1.165, 1.54) is 12.5 Å². The van der Waals surface area contributed by atoms with E-state index in [0.717, 1.165) is 16.2 Å². The molecule has 3 aromatic rings. The zero-order valence-electron chi connectivity index (χ0n) is 20.0. The number of nitrogens with one attached hydrogen (secondary N) is 2. The van der Waals surface area contributed by atoms with Crippen LogP contribution in [-0.4, -0.2) is 65.2 Å². The number of carbonyl (C=O) groups is 4. The van der Waals surface area contributed by atoms with Crippen LogP contribution in [0.1, 0.15) is 27.7 Å². The number of aromatic carboxylic acids is 1. The maximum absolute atomic E-state index is 13.6. The molecule has 1 aromatic heterocycles. The number of carboxylic acids is 1. The average Bonchev–Trinajstić information content (AvgIpc) is 3.51. The number of carbonyl (C=O) groups excluding carboxylic acids is 3. The van der Waals surface area contributed by atoms with Crippen molar-refractivity contribution in [1.29, 1.82) is 0 Å². The third-order valence-electron chi connectivity index (χ3n) is 6.04. The Morgan fingerprint density at radius 3 is 2.71 bits per heavy atom. The molecule has 12 nitrogen and oxygen atoms in total. The molecule has 0 radical (unpaired) electrons. The molecule has 1 fully saturated rings. The van der Waals surface area contributed by atoms with Gasteiger partial charge in [-0.3, -0.25) is 9.59 Å². The second-order valence-electron chi connectivity index (χ2n) is 8.36. The molecule has 1 saturated heterocycles. The van der Waals surface area contributed by atoms with Gasteiger partial charge in [-0.1, -0.05) is 24.3 Å². The summed E-state index contributed by atoms with van der Waals surface area (Å²) in [6.45, 7) is 0.765. The quantitative estimate of drug-likeness (QED) is 0.367. The Kier molecular flexibility index (Phi) is 6.83. The Hall–Kier alpha value is -4.65. The zero-order valence-corrected chi connectivity index (χ0v) is 20.8. The summed E-state index contributed by atoms with van der Waals surface area (Å²) >= 11 is 0.914. The minimum absolute atomic E-state index is 0.0212. The van der Waals surface area contributed by atoms with Crippen molar-refractivity contribution in [3.8, 4) is 17.2 Å². The lowest BCUT2D eigenvalue weighted by molar-refractivity contribution is -0.134. The van der Waals surface area contributed by atoms with Gasteiger partial charge in [0.05, 0.1) is 7.11 Å². The fourth-order valence-corrected chi connectivity index (χ4v) is 4.94. The number of para-hydroxylation sites is 1. The summed E-state index contributed by atoms with van der Waals surface area (Å²) in [5, 5.41) is 15.6. The van der Waals surface area contributed by atoms with Crippen LogP contribution < -0.4 is 24.8 Å². The Balaban J connectivity index is 1.45. The van der Waals surface area contributed by atoms with Gasteiger partial charge in [-0.05, 0) is 29.3 Å². The molecule has 13 heteroatoms. The highest BCUT2D eigenvalue weighted by Crippen LogP contribution is 2.35. The van der Waals surface area contributed by atoms with E-state index in [4.69, 9.17) is 19.3 Å². The molecule has 2 aliphatic rings. The first-order chi connectivity index (χ1) is 18.4. The lowest BCUT2D eigenvalue weighted by Gasteiger charge is -2.25. The molecule has 0 saturated carbocycles. The molecule has 2 aromatic carbocycles. The predicted molar refractivity (Wildman–Crippen MR) is 134 cm³/mol. The van der Waals surface area contributed by atoms with Crippen LogP contribution >= 0.6 is 11.3 Å². The Morgan fingerprint density at radius 1 is 1.21 bits per heavy atom. The summed E-state index contributed by atoms with van der Waals surface area (Å²) in [6, 6.07) is 8.77. The minimum Gasteiger partial charge on any atom is -0.496 e. The number of thiazole rings is 1. The van der Waals surface area contributed by atoms with Gasteiger partial charge in [0.2, 0.25) is 5.91 Å². The van der Waals surface area contributed by atoms with Crippen molar-refractivity contribution in [2.45, 2.75) is 18.5 Å². The highest BCUT2D eigenvalue weighted by Gasteiger charge is 2.46. The Bertz CT molecular complexity index is 1420. The van der Waals surface area contributed by atoms with Crippen molar-refractivity contribution in [2.75, 3.05) is 25.6 Å².